The maximum atomic E-state index is 12.8. The fourth-order valence-electron chi connectivity index (χ4n) is 2.81. The number of methoxy groups -OCH3 is 1. The minimum atomic E-state index is -3.96. The van der Waals surface area contributed by atoms with Gasteiger partial charge in [-0.2, -0.15) is 8.42 Å². The van der Waals surface area contributed by atoms with Crippen LogP contribution in [-0.2, 0) is 14.8 Å². The van der Waals surface area contributed by atoms with E-state index in [1.54, 1.807) is 39.2 Å². The van der Waals surface area contributed by atoms with Crippen LogP contribution in [0.3, 0.4) is 0 Å². The Hall–Kier alpha value is -3.44. The normalized spacial score (nSPS) is 11.7. The van der Waals surface area contributed by atoms with Crippen molar-refractivity contribution in [3.8, 4) is 0 Å². The van der Waals surface area contributed by atoms with Crippen LogP contribution < -0.4 is 5.43 Å². The average molecular weight is 478 g/mol. The molecule has 12 heteroatoms. The third-order valence-corrected chi connectivity index (χ3v) is 5.89. The second-order valence-electron chi connectivity index (χ2n) is 6.93. The largest absolute Gasteiger partial charge is 0.465 e. The molecule has 168 valence electrons. The van der Waals surface area contributed by atoms with Crippen LogP contribution in [-0.4, -0.2) is 62.4 Å². The highest BCUT2D eigenvalue weighted by Gasteiger charge is 2.19. The third kappa shape index (κ3) is 4.73. The van der Waals surface area contributed by atoms with Crippen molar-refractivity contribution in [2.24, 2.45) is 4.40 Å². The number of sulfonamides is 1. The number of halogens is 1. The standard InChI is InChI=1S/C20H20ClN5O5S/c1-12-23-17-9-13(20(28)31-4)5-8-18(17)26(12)24-19(27)15-7-6-14(10-16(15)21)32(29,30)22-11-25(2)3/h5-11H,1-4H3,(H,24,27)/b22-11+. The van der Waals surface area contributed by atoms with Gasteiger partial charge in [0.05, 0.1) is 39.2 Å². The minimum Gasteiger partial charge on any atom is -0.465 e. The lowest BCUT2D eigenvalue weighted by molar-refractivity contribution is 0.0600. The quantitative estimate of drug-likeness (QED) is 0.328. The molecule has 0 spiro atoms. The number of nitrogens with one attached hydrogen (secondary N) is 1. The monoisotopic (exact) mass is 477 g/mol. The Morgan fingerprint density at radius 2 is 1.94 bits per heavy atom. The van der Waals surface area contributed by atoms with Gasteiger partial charge in [0.2, 0.25) is 0 Å². The Morgan fingerprint density at radius 1 is 1.22 bits per heavy atom. The molecule has 1 heterocycles. The molecular weight excluding hydrogens is 458 g/mol. The Labute approximate surface area is 189 Å². The van der Waals surface area contributed by atoms with E-state index in [1.807, 2.05) is 0 Å². The van der Waals surface area contributed by atoms with E-state index in [-0.39, 0.29) is 15.5 Å². The smallest absolute Gasteiger partial charge is 0.337 e. The van der Waals surface area contributed by atoms with Crippen molar-refractivity contribution in [1.82, 2.24) is 14.6 Å². The molecule has 32 heavy (non-hydrogen) atoms. The zero-order chi connectivity index (χ0) is 23.6. The van der Waals surface area contributed by atoms with E-state index >= 15 is 0 Å². The van der Waals surface area contributed by atoms with Gasteiger partial charge in [-0.25, -0.2) is 14.5 Å². The van der Waals surface area contributed by atoms with Gasteiger partial charge in [-0.15, -0.1) is 4.40 Å². The van der Waals surface area contributed by atoms with Crippen LogP contribution in [0.25, 0.3) is 11.0 Å². The van der Waals surface area contributed by atoms with Crippen molar-refractivity contribution in [1.29, 1.82) is 0 Å². The summed E-state index contributed by atoms with van der Waals surface area (Å²) in [7, 11) is 0.595. The van der Waals surface area contributed by atoms with E-state index in [1.165, 1.54) is 34.9 Å². The fourth-order valence-corrected chi connectivity index (χ4v) is 4.08. The number of carbonyl (C=O) groups excluding carboxylic acids is 2. The maximum Gasteiger partial charge on any atom is 0.337 e. The van der Waals surface area contributed by atoms with Gasteiger partial charge in [0.1, 0.15) is 12.2 Å². The molecule has 0 bridgehead atoms. The van der Waals surface area contributed by atoms with Crippen LogP contribution in [0.2, 0.25) is 5.02 Å². The summed E-state index contributed by atoms with van der Waals surface area (Å²) in [5.74, 6) is -0.612. The average Bonchev–Trinajstić information content (AvgIpc) is 3.05. The number of carbonyl (C=O) groups is 2. The van der Waals surface area contributed by atoms with E-state index in [0.29, 0.717) is 22.4 Å². The number of hydrogen-bond acceptors (Lipinski definition) is 6. The molecular formula is C20H20ClN5O5S. The van der Waals surface area contributed by atoms with Crippen LogP contribution >= 0.6 is 11.6 Å². The zero-order valence-corrected chi connectivity index (χ0v) is 19.2. The number of nitrogens with zero attached hydrogens (tertiary/aromatic N) is 4. The lowest BCUT2D eigenvalue weighted by atomic mass is 10.2. The zero-order valence-electron chi connectivity index (χ0n) is 17.7. The SMILES string of the molecule is COC(=O)c1ccc2c(c1)nc(C)n2NC(=O)c1ccc(S(=O)(=O)/N=C/N(C)C)cc1Cl. The van der Waals surface area contributed by atoms with Gasteiger partial charge in [0, 0.05) is 14.1 Å². The summed E-state index contributed by atoms with van der Waals surface area (Å²) < 4.78 is 34.3. The Balaban J connectivity index is 1.90. The molecule has 0 aliphatic heterocycles. The van der Waals surface area contributed by atoms with Crippen molar-refractivity contribution < 1.29 is 22.7 Å². The minimum absolute atomic E-state index is 0.0568. The number of fused-ring (bicyclic) bond motifs is 1. The lowest BCUT2D eigenvalue weighted by Gasteiger charge is -2.11. The highest BCUT2D eigenvalue weighted by Crippen LogP contribution is 2.23. The fraction of sp³-hybridized carbons (Fsp3) is 0.200. The van der Waals surface area contributed by atoms with Gasteiger partial charge < -0.3 is 9.64 Å². The maximum absolute atomic E-state index is 12.8. The predicted molar refractivity (Wildman–Crippen MR) is 120 cm³/mol. The second-order valence-corrected chi connectivity index (χ2v) is 8.97. The predicted octanol–water partition coefficient (Wildman–Crippen LogP) is 2.45. The number of aryl methyl sites for hydroxylation is 1. The molecule has 0 atom stereocenters. The highest BCUT2D eigenvalue weighted by atomic mass is 35.5. The number of ether oxygens (including phenoxy) is 1. The van der Waals surface area contributed by atoms with E-state index < -0.39 is 21.9 Å². The summed E-state index contributed by atoms with van der Waals surface area (Å²) in [5, 5.41) is -0.0568. The first-order valence-corrected chi connectivity index (χ1v) is 11.0. The van der Waals surface area contributed by atoms with Crippen LogP contribution in [0.4, 0.5) is 0 Å². The summed E-state index contributed by atoms with van der Waals surface area (Å²) in [4.78, 5) is 30.2. The third-order valence-electron chi connectivity index (χ3n) is 4.36. The molecule has 2 aromatic carbocycles. The van der Waals surface area contributed by atoms with Crippen molar-refractivity contribution in [2.45, 2.75) is 11.8 Å². The van der Waals surface area contributed by atoms with Gasteiger partial charge in [-0.1, -0.05) is 11.6 Å². The number of benzene rings is 2. The van der Waals surface area contributed by atoms with Gasteiger partial charge in [-0.3, -0.25) is 10.2 Å². The van der Waals surface area contributed by atoms with Crippen LogP contribution in [0.5, 0.6) is 0 Å². The summed E-state index contributed by atoms with van der Waals surface area (Å²) in [6.45, 7) is 1.68. The van der Waals surface area contributed by atoms with Crippen molar-refractivity contribution in [3.63, 3.8) is 0 Å². The molecule has 1 N–H and O–H groups in total. The molecule has 0 saturated heterocycles. The van der Waals surface area contributed by atoms with Gasteiger partial charge in [0.25, 0.3) is 15.9 Å². The summed E-state index contributed by atoms with van der Waals surface area (Å²) in [6, 6.07) is 8.46. The Kier molecular flexibility index (Phi) is 6.51. The van der Waals surface area contributed by atoms with E-state index in [9.17, 15) is 18.0 Å². The molecule has 0 aliphatic rings. The summed E-state index contributed by atoms with van der Waals surface area (Å²) in [5.41, 5.74) is 4.11. The van der Waals surface area contributed by atoms with Gasteiger partial charge in [-0.05, 0) is 43.3 Å². The Morgan fingerprint density at radius 3 is 2.56 bits per heavy atom. The number of amides is 1. The number of hydrogen-bond donors (Lipinski definition) is 1. The molecule has 0 saturated carbocycles. The van der Waals surface area contributed by atoms with Crippen LogP contribution in [0.1, 0.15) is 26.5 Å². The van der Waals surface area contributed by atoms with Gasteiger partial charge >= 0.3 is 5.97 Å². The molecule has 10 nitrogen and oxygen atoms in total. The number of aromatic nitrogens is 2. The lowest BCUT2D eigenvalue weighted by Crippen LogP contribution is -2.24. The molecule has 0 fully saturated rings. The highest BCUT2D eigenvalue weighted by molar-refractivity contribution is 7.90. The van der Waals surface area contributed by atoms with Crippen LogP contribution in [0.15, 0.2) is 45.7 Å². The second kappa shape index (κ2) is 8.97. The molecule has 0 radical (unpaired) electrons. The van der Waals surface area contributed by atoms with E-state index in [4.69, 9.17) is 16.3 Å². The topological polar surface area (TPSA) is 123 Å². The molecule has 1 amide bonds. The van der Waals surface area contributed by atoms with Gasteiger partial charge in [0.15, 0.2) is 0 Å². The van der Waals surface area contributed by atoms with Crippen LogP contribution in [0, 0.1) is 6.92 Å². The summed E-state index contributed by atoms with van der Waals surface area (Å²) in [6.07, 6.45) is 1.16. The van der Waals surface area contributed by atoms with Crippen molar-refractivity contribution >= 4 is 50.9 Å². The number of rotatable bonds is 6. The van der Waals surface area contributed by atoms with Crippen molar-refractivity contribution in [2.75, 3.05) is 26.6 Å². The first-order chi connectivity index (χ1) is 15.0. The van der Waals surface area contributed by atoms with E-state index in [0.717, 1.165) is 6.34 Å². The molecule has 3 aromatic rings. The molecule has 0 aliphatic carbocycles. The summed E-state index contributed by atoms with van der Waals surface area (Å²) >= 11 is 6.20. The van der Waals surface area contributed by atoms with E-state index in [2.05, 4.69) is 14.8 Å². The molecule has 3 rings (SSSR count). The number of imidazole rings is 1. The first kappa shape index (κ1) is 23.2. The molecule has 0 unspecified atom stereocenters. The number of esters is 1. The Bertz CT molecular complexity index is 1350. The molecule has 1 aromatic heterocycles. The van der Waals surface area contributed by atoms with Crippen molar-refractivity contribution in [3.05, 3.63) is 58.4 Å². The first-order valence-electron chi connectivity index (χ1n) is 9.18.